The van der Waals surface area contributed by atoms with Crippen LogP contribution in [-0.4, -0.2) is 78.2 Å². The fraction of sp³-hybridized carbons (Fsp3) is 0.406. The average Bonchev–Trinajstić information content (AvgIpc) is 3.68. The van der Waals surface area contributed by atoms with Gasteiger partial charge in [0.15, 0.2) is 0 Å². The number of nitrogens with one attached hydrogen (secondary N) is 5. The summed E-state index contributed by atoms with van der Waals surface area (Å²) in [5, 5.41) is 11.6. The maximum atomic E-state index is 13.9. The molecule has 0 spiro atoms. The van der Waals surface area contributed by atoms with Gasteiger partial charge in [-0.15, -0.1) is 0 Å². The topological polar surface area (TPSA) is 162 Å². The fourth-order valence-electron chi connectivity index (χ4n) is 5.90. The molecule has 2 atom stereocenters. The minimum absolute atomic E-state index is 0.131. The van der Waals surface area contributed by atoms with Crippen LogP contribution in [0.5, 0.6) is 5.75 Å². The first-order valence-electron chi connectivity index (χ1n) is 15.0. The molecule has 1 aliphatic carbocycles. The number of urea groups is 1. The minimum Gasteiger partial charge on any atom is -0.496 e. The van der Waals surface area contributed by atoms with E-state index in [0.717, 1.165) is 43.1 Å². The van der Waals surface area contributed by atoms with Gasteiger partial charge in [-0.25, -0.2) is 4.79 Å². The van der Waals surface area contributed by atoms with Gasteiger partial charge in [0.05, 0.1) is 13.7 Å². The predicted octanol–water partition coefficient (Wildman–Crippen LogP) is 2.25. The van der Waals surface area contributed by atoms with Gasteiger partial charge >= 0.3 is 6.03 Å². The van der Waals surface area contributed by atoms with Gasteiger partial charge in [0.1, 0.15) is 23.5 Å². The zero-order valence-corrected chi connectivity index (χ0v) is 24.7. The second kappa shape index (κ2) is 14.1. The van der Waals surface area contributed by atoms with Gasteiger partial charge in [-0.1, -0.05) is 55.7 Å². The number of hydrogen-bond donors (Lipinski definition) is 5. The van der Waals surface area contributed by atoms with Crippen molar-refractivity contribution >= 4 is 40.4 Å². The number of rotatable bonds is 12. The van der Waals surface area contributed by atoms with Crippen LogP contribution in [0.25, 0.3) is 10.9 Å². The number of carbonyl (C=O) groups excluding carboxylic acids is 5. The Morgan fingerprint density at radius 1 is 1.00 bits per heavy atom. The van der Waals surface area contributed by atoms with Crippen molar-refractivity contribution in [2.75, 3.05) is 26.7 Å². The number of aromatic amines is 1. The molecule has 5 rings (SSSR count). The van der Waals surface area contributed by atoms with Crippen LogP contribution in [0.4, 0.5) is 4.79 Å². The van der Waals surface area contributed by atoms with E-state index in [1.54, 1.807) is 19.2 Å². The van der Waals surface area contributed by atoms with Gasteiger partial charge in [0, 0.05) is 30.5 Å². The van der Waals surface area contributed by atoms with Crippen LogP contribution in [0.2, 0.25) is 0 Å². The highest BCUT2D eigenvalue weighted by atomic mass is 16.5. The summed E-state index contributed by atoms with van der Waals surface area (Å²) in [6, 6.07) is 13.6. The Hall–Kier alpha value is -4.87. The number of H-pyrrole nitrogens is 1. The lowest BCUT2D eigenvalue weighted by Gasteiger charge is -2.31. The summed E-state index contributed by atoms with van der Waals surface area (Å²) in [7, 11) is 1.55. The molecule has 5 N–H and O–H groups in total. The Morgan fingerprint density at radius 2 is 1.77 bits per heavy atom. The third kappa shape index (κ3) is 7.19. The molecule has 12 heteroatoms. The lowest BCUT2D eigenvalue weighted by Crippen LogP contribution is -2.59. The molecule has 44 heavy (non-hydrogen) atoms. The number of Topliss-reactive ketones (excluding diaryl/α,β-unsaturated/α-hetero) is 1. The van der Waals surface area contributed by atoms with Crippen LogP contribution >= 0.6 is 0 Å². The predicted molar refractivity (Wildman–Crippen MR) is 163 cm³/mol. The summed E-state index contributed by atoms with van der Waals surface area (Å²) >= 11 is 0. The Balaban J connectivity index is 1.34. The van der Waals surface area contributed by atoms with Crippen molar-refractivity contribution in [3.05, 3.63) is 65.9 Å². The number of methoxy groups -OCH3 is 1. The van der Waals surface area contributed by atoms with E-state index in [2.05, 4.69) is 26.3 Å². The Labute approximate surface area is 255 Å². The molecule has 1 aromatic heterocycles. The van der Waals surface area contributed by atoms with E-state index in [9.17, 15) is 24.0 Å². The number of ketones is 1. The molecule has 2 aliphatic rings. The molecule has 1 aliphatic heterocycles. The van der Waals surface area contributed by atoms with Crippen LogP contribution in [0.1, 0.15) is 48.2 Å². The number of ether oxygens (including phenoxy) is 1. The monoisotopic (exact) mass is 602 g/mol. The normalized spacial score (nSPS) is 16.6. The van der Waals surface area contributed by atoms with Crippen molar-refractivity contribution in [2.45, 2.75) is 50.7 Å². The van der Waals surface area contributed by atoms with Gasteiger partial charge in [-0.3, -0.25) is 19.2 Å². The molecule has 2 heterocycles. The summed E-state index contributed by atoms with van der Waals surface area (Å²) in [5.41, 5.74) is 1.78. The SMILES string of the molecule is COc1cccc2[nH]c(C(=O)NC(C(=O)N[C@@H](CN3CCNC3=O)C(=O)C(=O)NCc3ccccc3)C3CCCCC3)cc12. The van der Waals surface area contributed by atoms with E-state index >= 15 is 0 Å². The number of carbonyl (C=O) groups is 5. The summed E-state index contributed by atoms with van der Waals surface area (Å²) < 4.78 is 5.41. The molecule has 5 amide bonds. The van der Waals surface area contributed by atoms with Crippen LogP contribution in [-0.2, 0) is 20.9 Å². The minimum atomic E-state index is -1.30. The van der Waals surface area contributed by atoms with E-state index in [4.69, 9.17) is 4.74 Å². The number of benzene rings is 2. The summed E-state index contributed by atoms with van der Waals surface area (Å²) in [6.45, 7) is 0.676. The molecule has 12 nitrogen and oxygen atoms in total. The molecule has 2 fully saturated rings. The van der Waals surface area contributed by atoms with Gasteiger partial charge < -0.3 is 35.9 Å². The highest BCUT2D eigenvalue weighted by Gasteiger charge is 2.37. The van der Waals surface area contributed by atoms with Gasteiger partial charge in [-0.05, 0) is 42.5 Å². The fourth-order valence-corrected chi connectivity index (χ4v) is 5.90. The lowest BCUT2D eigenvalue weighted by molar-refractivity contribution is -0.140. The smallest absolute Gasteiger partial charge is 0.317 e. The Bertz CT molecular complexity index is 1520. The van der Waals surface area contributed by atoms with Gasteiger partial charge in [0.25, 0.3) is 11.8 Å². The molecule has 232 valence electrons. The van der Waals surface area contributed by atoms with Crippen LogP contribution in [0.15, 0.2) is 54.6 Å². The summed E-state index contributed by atoms with van der Waals surface area (Å²) in [6.07, 6.45) is 4.30. The molecule has 0 bridgehead atoms. The number of aromatic nitrogens is 1. The van der Waals surface area contributed by atoms with Crippen molar-refractivity contribution in [1.82, 2.24) is 31.2 Å². The van der Waals surface area contributed by atoms with Crippen molar-refractivity contribution in [1.29, 1.82) is 0 Å². The highest BCUT2D eigenvalue weighted by molar-refractivity contribution is 6.38. The molecule has 3 aromatic rings. The van der Waals surface area contributed by atoms with E-state index in [-0.39, 0.29) is 30.7 Å². The molecule has 1 unspecified atom stereocenters. The zero-order chi connectivity index (χ0) is 31.1. The standard InChI is InChI=1S/C32H38N6O6/c1-44-26-14-8-13-23-22(26)17-24(35-23)29(40)37-27(21-11-6-3-7-12-21)30(41)36-25(19-38-16-15-33-32(38)43)28(39)31(42)34-18-20-9-4-2-5-10-20/h2,4-5,8-10,13-14,17,21,25,27,35H,3,6-7,11-12,15-16,18-19H2,1H3,(H,33,43)(H,34,42)(H,36,41)(H,37,40)/t25-,27?/m0/s1. The number of fused-ring (bicyclic) bond motifs is 1. The Kier molecular flexibility index (Phi) is 9.78. The third-order valence-electron chi connectivity index (χ3n) is 8.28. The second-order valence-corrected chi connectivity index (χ2v) is 11.2. The van der Waals surface area contributed by atoms with Crippen molar-refractivity contribution in [3.8, 4) is 5.75 Å². The largest absolute Gasteiger partial charge is 0.496 e. The van der Waals surface area contributed by atoms with Crippen LogP contribution < -0.4 is 26.0 Å². The Morgan fingerprint density at radius 3 is 2.48 bits per heavy atom. The van der Waals surface area contributed by atoms with Crippen molar-refractivity contribution in [3.63, 3.8) is 0 Å². The van der Waals surface area contributed by atoms with Crippen LogP contribution in [0, 0.1) is 5.92 Å². The molecule has 2 aromatic carbocycles. The number of amides is 5. The lowest BCUT2D eigenvalue weighted by atomic mass is 9.83. The zero-order valence-electron chi connectivity index (χ0n) is 24.7. The first kappa shape index (κ1) is 30.6. The molecular weight excluding hydrogens is 564 g/mol. The highest BCUT2D eigenvalue weighted by Crippen LogP contribution is 2.28. The maximum absolute atomic E-state index is 13.9. The maximum Gasteiger partial charge on any atom is 0.317 e. The quantitative estimate of drug-likeness (QED) is 0.200. The third-order valence-corrected chi connectivity index (χ3v) is 8.28. The van der Waals surface area contributed by atoms with E-state index < -0.39 is 35.6 Å². The first-order valence-corrected chi connectivity index (χ1v) is 15.0. The summed E-state index contributed by atoms with van der Waals surface area (Å²) in [5.74, 6) is -2.35. The molecule has 1 saturated heterocycles. The molecular formula is C32H38N6O6. The van der Waals surface area contributed by atoms with E-state index in [0.29, 0.717) is 24.4 Å². The van der Waals surface area contributed by atoms with Crippen molar-refractivity contribution < 1.29 is 28.7 Å². The number of hydrogen-bond acceptors (Lipinski definition) is 6. The van der Waals surface area contributed by atoms with Gasteiger partial charge in [0.2, 0.25) is 11.7 Å². The molecule has 0 radical (unpaired) electrons. The van der Waals surface area contributed by atoms with E-state index in [1.165, 1.54) is 4.90 Å². The first-order chi connectivity index (χ1) is 21.3. The summed E-state index contributed by atoms with van der Waals surface area (Å²) in [4.78, 5) is 70.5. The second-order valence-electron chi connectivity index (χ2n) is 11.2. The van der Waals surface area contributed by atoms with E-state index in [1.807, 2.05) is 42.5 Å². The number of nitrogens with zero attached hydrogens (tertiary/aromatic N) is 1. The van der Waals surface area contributed by atoms with Crippen molar-refractivity contribution in [2.24, 2.45) is 5.92 Å². The van der Waals surface area contributed by atoms with Crippen LogP contribution in [0.3, 0.4) is 0 Å². The average molecular weight is 603 g/mol. The molecule has 1 saturated carbocycles. The van der Waals surface area contributed by atoms with Gasteiger partial charge in [-0.2, -0.15) is 0 Å².